The molecule has 0 radical (unpaired) electrons. The molecule has 0 saturated carbocycles. The summed E-state index contributed by atoms with van der Waals surface area (Å²) in [6, 6.07) is 5.39. The van der Waals surface area contributed by atoms with Gasteiger partial charge in [0.1, 0.15) is 12.4 Å². The van der Waals surface area contributed by atoms with Crippen molar-refractivity contribution < 1.29 is 19.0 Å². The number of carbonyl (C=O) groups excluding carboxylic acids is 1. The van der Waals surface area contributed by atoms with Gasteiger partial charge in [-0.25, -0.2) is 0 Å². The number of amides is 1. The van der Waals surface area contributed by atoms with Gasteiger partial charge in [-0.3, -0.25) is 4.79 Å². The molecule has 1 amide bonds. The molecule has 1 aromatic rings. The zero-order chi connectivity index (χ0) is 13.9. The van der Waals surface area contributed by atoms with Gasteiger partial charge in [-0.15, -0.1) is 0 Å². The Morgan fingerprint density at radius 1 is 1.42 bits per heavy atom. The number of benzene rings is 1. The summed E-state index contributed by atoms with van der Waals surface area (Å²) in [7, 11) is 0. The fourth-order valence-corrected chi connectivity index (χ4v) is 1.65. The molecule has 0 atom stereocenters. The minimum absolute atomic E-state index is 0.0678. The van der Waals surface area contributed by atoms with Crippen LogP contribution in [0.4, 0.5) is 0 Å². The first-order chi connectivity index (χ1) is 8.97. The molecule has 1 heterocycles. The summed E-state index contributed by atoms with van der Waals surface area (Å²) >= 11 is 3.29. The Bertz CT molecular complexity index is 470. The van der Waals surface area contributed by atoms with Gasteiger partial charge >= 0.3 is 0 Å². The Kier molecular flexibility index (Phi) is 4.19. The lowest BCUT2D eigenvalue weighted by molar-refractivity contribution is -0.122. The molecule has 6 heteroatoms. The quantitative estimate of drug-likeness (QED) is 0.663. The van der Waals surface area contributed by atoms with Crippen molar-refractivity contribution in [2.75, 3.05) is 19.9 Å². The number of hydrogen-bond donors (Lipinski definition) is 1. The van der Waals surface area contributed by atoms with Gasteiger partial charge in [0.2, 0.25) is 12.7 Å². The van der Waals surface area contributed by atoms with Crippen LogP contribution in [0.2, 0.25) is 0 Å². The van der Waals surface area contributed by atoms with Crippen LogP contribution >= 0.6 is 15.9 Å². The molecule has 2 rings (SSSR count). The van der Waals surface area contributed by atoms with Crippen molar-refractivity contribution in [1.29, 1.82) is 0 Å². The maximum atomic E-state index is 11.6. The standard InChI is InChI=1S/C13H16BrNO4/c1-13(2,14)12(16)15-5-6-17-9-3-4-10-11(7-9)19-8-18-10/h3-4,7H,5-6,8H2,1-2H3,(H,15,16). The molecule has 0 unspecified atom stereocenters. The number of alkyl halides is 1. The van der Waals surface area contributed by atoms with Crippen LogP contribution in [-0.2, 0) is 4.79 Å². The number of rotatable bonds is 5. The van der Waals surface area contributed by atoms with Gasteiger partial charge in [-0.1, -0.05) is 15.9 Å². The SMILES string of the molecule is CC(C)(Br)C(=O)NCCOc1ccc2c(c1)OCO2. The summed E-state index contributed by atoms with van der Waals surface area (Å²) in [5.74, 6) is 2.03. The van der Waals surface area contributed by atoms with Gasteiger partial charge in [-0.2, -0.15) is 0 Å². The predicted octanol–water partition coefficient (Wildman–Crippen LogP) is 2.08. The summed E-state index contributed by atoms with van der Waals surface area (Å²) in [5, 5.41) is 2.78. The zero-order valence-electron chi connectivity index (χ0n) is 10.9. The monoisotopic (exact) mass is 329 g/mol. The van der Waals surface area contributed by atoms with Crippen molar-refractivity contribution in [2.45, 2.75) is 18.2 Å². The number of carbonyl (C=O) groups is 1. The minimum Gasteiger partial charge on any atom is -0.492 e. The molecule has 1 aliphatic heterocycles. The molecule has 0 bridgehead atoms. The molecule has 1 aliphatic rings. The van der Waals surface area contributed by atoms with Crippen LogP contribution in [0.1, 0.15) is 13.8 Å². The third-order valence-corrected chi connectivity index (χ3v) is 2.90. The van der Waals surface area contributed by atoms with Crippen LogP contribution in [0.5, 0.6) is 17.2 Å². The summed E-state index contributed by atoms with van der Waals surface area (Å²) < 4.78 is 15.4. The highest BCUT2D eigenvalue weighted by molar-refractivity contribution is 9.10. The number of fused-ring (bicyclic) bond motifs is 1. The summed E-state index contributed by atoms with van der Waals surface area (Å²) in [5.41, 5.74) is 0. The Morgan fingerprint density at radius 2 is 2.16 bits per heavy atom. The zero-order valence-corrected chi connectivity index (χ0v) is 12.5. The summed E-state index contributed by atoms with van der Waals surface area (Å²) in [6.45, 7) is 4.67. The van der Waals surface area contributed by atoms with Crippen LogP contribution in [0.25, 0.3) is 0 Å². The molecule has 19 heavy (non-hydrogen) atoms. The molecule has 0 fully saturated rings. The van der Waals surface area contributed by atoms with Crippen LogP contribution < -0.4 is 19.5 Å². The number of ether oxygens (including phenoxy) is 3. The maximum Gasteiger partial charge on any atom is 0.236 e. The van der Waals surface area contributed by atoms with Crippen LogP contribution in [-0.4, -0.2) is 30.2 Å². The first-order valence-corrected chi connectivity index (χ1v) is 6.76. The van der Waals surface area contributed by atoms with E-state index >= 15 is 0 Å². The Labute approximate surface area is 120 Å². The van der Waals surface area contributed by atoms with E-state index in [2.05, 4.69) is 21.2 Å². The number of nitrogens with one attached hydrogen (secondary N) is 1. The highest BCUT2D eigenvalue weighted by Crippen LogP contribution is 2.34. The molecule has 104 valence electrons. The Hall–Kier alpha value is -1.43. The third-order valence-electron chi connectivity index (χ3n) is 2.54. The lowest BCUT2D eigenvalue weighted by Gasteiger charge is -2.15. The molecule has 0 spiro atoms. The number of halogens is 1. The average molecular weight is 330 g/mol. The fraction of sp³-hybridized carbons (Fsp3) is 0.462. The molecule has 0 aliphatic carbocycles. The second kappa shape index (κ2) is 5.69. The van der Waals surface area contributed by atoms with Crippen molar-refractivity contribution >= 4 is 21.8 Å². The highest BCUT2D eigenvalue weighted by atomic mass is 79.9. The first kappa shape index (κ1) is 14.0. The van der Waals surface area contributed by atoms with E-state index in [9.17, 15) is 4.79 Å². The largest absolute Gasteiger partial charge is 0.492 e. The van der Waals surface area contributed by atoms with Gasteiger partial charge in [0.05, 0.1) is 10.9 Å². The molecule has 5 nitrogen and oxygen atoms in total. The van der Waals surface area contributed by atoms with Gasteiger partial charge in [0, 0.05) is 6.07 Å². The molecular formula is C13H16BrNO4. The maximum absolute atomic E-state index is 11.6. The van der Waals surface area contributed by atoms with Gasteiger partial charge in [-0.05, 0) is 26.0 Å². The normalized spacial score (nSPS) is 13.2. The van der Waals surface area contributed by atoms with E-state index in [0.29, 0.717) is 24.7 Å². The predicted molar refractivity (Wildman–Crippen MR) is 74.1 cm³/mol. The molecular weight excluding hydrogens is 314 g/mol. The molecule has 1 aromatic carbocycles. The summed E-state index contributed by atoms with van der Waals surface area (Å²) in [4.78, 5) is 11.6. The van der Waals surface area contributed by atoms with Crippen molar-refractivity contribution in [2.24, 2.45) is 0 Å². The summed E-state index contributed by atoms with van der Waals surface area (Å²) in [6.07, 6.45) is 0. The highest BCUT2D eigenvalue weighted by Gasteiger charge is 2.22. The topological polar surface area (TPSA) is 56.8 Å². The van der Waals surface area contributed by atoms with Crippen LogP contribution in [0.3, 0.4) is 0 Å². The van der Waals surface area contributed by atoms with Crippen molar-refractivity contribution in [3.8, 4) is 17.2 Å². The van der Waals surface area contributed by atoms with E-state index in [1.165, 1.54) is 0 Å². The van der Waals surface area contributed by atoms with Crippen molar-refractivity contribution in [3.63, 3.8) is 0 Å². The first-order valence-electron chi connectivity index (χ1n) is 5.96. The van der Waals surface area contributed by atoms with Gasteiger partial charge in [0.25, 0.3) is 0 Å². The number of hydrogen-bond acceptors (Lipinski definition) is 4. The third kappa shape index (κ3) is 3.76. The molecule has 0 aromatic heterocycles. The smallest absolute Gasteiger partial charge is 0.236 e. The molecule has 0 saturated heterocycles. The Morgan fingerprint density at radius 3 is 2.89 bits per heavy atom. The van der Waals surface area contributed by atoms with E-state index in [-0.39, 0.29) is 12.7 Å². The minimum atomic E-state index is -0.564. The van der Waals surface area contributed by atoms with E-state index in [1.807, 2.05) is 6.07 Å². The van der Waals surface area contributed by atoms with E-state index in [1.54, 1.807) is 26.0 Å². The fourth-order valence-electron chi connectivity index (χ4n) is 1.51. The van der Waals surface area contributed by atoms with Crippen molar-refractivity contribution in [3.05, 3.63) is 18.2 Å². The van der Waals surface area contributed by atoms with Gasteiger partial charge in [0.15, 0.2) is 11.5 Å². The van der Waals surface area contributed by atoms with Crippen LogP contribution in [0, 0.1) is 0 Å². The van der Waals surface area contributed by atoms with Crippen LogP contribution in [0.15, 0.2) is 18.2 Å². The second-order valence-electron chi connectivity index (χ2n) is 4.59. The lowest BCUT2D eigenvalue weighted by Crippen LogP contribution is -2.39. The van der Waals surface area contributed by atoms with Crippen molar-refractivity contribution in [1.82, 2.24) is 5.32 Å². The van der Waals surface area contributed by atoms with Gasteiger partial charge < -0.3 is 19.5 Å². The van der Waals surface area contributed by atoms with E-state index < -0.39 is 4.32 Å². The second-order valence-corrected chi connectivity index (χ2v) is 6.57. The average Bonchev–Trinajstić information content (AvgIpc) is 2.80. The van der Waals surface area contributed by atoms with E-state index in [4.69, 9.17) is 14.2 Å². The Balaban J connectivity index is 1.76. The molecule has 1 N–H and O–H groups in total. The lowest BCUT2D eigenvalue weighted by atomic mass is 10.2. The van der Waals surface area contributed by atoms with E-state index in [0.717, 1.165) is 5.75 Å².